The molecule has 0 aliphatic heterocycles. The van der Waals surface area contributed by atoms with Crippen molar-refractivity contribution in [2.45, 2.75) is 26.7 Å². The molecule has 0 bridgehead atoms. The van der Waals surface area contributed by atoms with E-state index >= 15 is 0 Å². The molecule has 1 amide bonds. The molecule has 0 unspecified atom stereocenters. The minimum Gasteiger partial charge on any atom is -0.490 e. The molecule has 202 valence electrons. The summed E-state index contributed by atoms with van der Waals surface area (Å²) >= 11 is 0. The summed E-state index contributed by atoms with van der Waals surface area (Å²) in [7, 11) is 1.57. The molecule has 39 heavy (non-hydrogen) atoms. The number of para-hydroxylation sites is 1. The standard InChI is InChI=1S/C31H32N2O6/c1-4-37-28-16-12-22(18-29(28)38-5-2)27(34)15-17-31(35)33-30-19-25(24-8-6-7-9-26(24)32-30)21-10-13-23(14-11-21)39-20-36-3/h6-14,16,18-19H,4-5,15,17,20H2,1-3H3,(H,32,33,35). The van der Waals surface area contributed by atoms with Gasteiger partial charge in [0.1, 0.15) is 11.6 Å². The average Bonchev–Trinajstić information content (AvgIpc) is 2.96. The fourth-order valence-corrected chi connectivity index (χ4v) is 4.14. The number of anilines is 1. The fourth-order valence-electron chi connectivity index (χ4n) is 4.14. The maximum atomic E-state index is 12.8. The van der Waals surface area contributed by atoms with Crippen molar-refractivity contribution in [1.29, 1.82) is 0 Å². The number of rotatable bonds is 13. The van der Waals surface area contributed by atoms with Crippen molar-refractivity contribution >= 4 is 28.4 Å². The first-order chi connectivity index (χ1) is 19.0. The van der Waals surface area contributed by atoms with Crippen molar-refractivity contribution in [2.75, 3.05) is 32.4 Å². The van der Waals surface area contributed by atoms with Gasteiger partial charge in [-0.1, -0.05) is 30.3 Å². The van der Waals surface area contributed by atoms with Crippen LogP contribution in [0.25, 0.3) is 22.0 Å². The molecule has 8 heteroatoms. The Morgan fingerprint density at radius 2 is 1.56 bits per heavy atom. The van der Waals surface area contributed by atoms with Crippen LogP contribution in [0.15, 0.2) is 72.8 Å². The summed E-state index contributed by atoms with van der Waals surface area (Å²) in [5, 5.41) is 3.82. The van der Waals surface area contributed by atoms with Gasteiger partial charge in [0.2, 0.25) is 5.91 Å². The molecule has 0 atom stereocenters. The zero-order valence-corrected chi connectivity index (χ0v) is 22.4. The minimum atomic E-state index is -0.295. The van der Waals surface area contributed by atoms with Gasteiger partial charge < -0.3 is 24.3 Å². The molecule has 0 saturated carbocycles. The third-order valence-corrected chi connectivity index (χ3v) is 5.94. The second-order valence-corrected chi connectivity index (χ2v) is 8.65. The number of ketones is 1. The van der Waals surface area contributed by atoms with Crippen LogP contribution in [0.1, 0.15) is 37.0 Å². The van der Waals surface area contributed by atoms with Gasteiger partial charge in [-0.15, -0.1) is 0 Å². The Morgan fingerprint density at radius 1 is 0.821 bits per heavy atom. The first kappa shape index (κ1) is 27.6. The van der Waals surface area contributed by atoms with Gasteiger partial charge in [0.05, 0.1) is 18.7 Å². The van der Waals surface area contributed by atoms with E-state index in [0.717, 1.165) is 22.0 Å². The van der Waals surface area contributed by atoms with Gasteiger partial charge in [0, 0.05) is 30.9 Å². The number of Topliss-reactive ketones (excluding diaryl/α,β-unsaturated/α-hetero) is 1. The number of nitrogens with one attached hydrogen (secondary N) is 1. The van der Waals surface area contributed by atoms with Gasteiger partial charge in [0.15, 0.2) is 24.1 Å². The van der Waals surface area contributed by atoms with Crippen molar-refractivity contribution in [2.24, 2.45) is 0 Å². The Balaban J connectivity index is 1.47. The lowest BCUT2D eigenvalue weighted by molar-refractivity contribution is -0.116. The van der Waals surface area contributed by atoms with Crippen molar-refractivity contribution in [3.63, 3.8) is 0 Å². The monoisotopic (exact) mass is 528 g/mol. The van der Waals surface area contributed by atoms with Crippen molar-refractivity contribution in [3.05, 3.63) is 78.4 Å². The topological polar surface area (TPSA) is 96.0 Å². The molecule has 8 nitrogen and oxygen atoms in total. The van der Waals surface area contributed by atoms with Crippen LogP contribution in [0.3, 0.4) is 0 Å². The Labute approximate surface area is 227 Å². The summed E-state index contributed by atoms with van der Waals surface area (Å²) in [6.07, 6.45) is 0.0696. The van der Waals surface area contributed by atoms with Crippen LogP contribution in [0, 0.1) is 0 Å². The van der Waals surface area contributed by atoms with E-state index in [-0.39, 0.29) is 31.3 Å². The van der Waals surface area contributed by atoms with Crippen molar-refractivity contribution in [3.8, 4) is 28.4 Å². The number of fused-ring (bicyclic) bond motifs is 1. The highest BCUT2D eigenvalue weighted by Crippen LogP contribution is 2.32. The highest BCUT2D eigenvalue weighted by molar-refractivity contribution is 6.02. The number of amides is 1. The number of ether oxygens (including phenoxy) is 4. The summed E-state index contributed by atoms with van der Waals surface area (Å²) in [5.41, 5.74) is 3.09. The first-order valence-corrected chi connectivity index (χ1v) is 12.9. The van der Waals surface area contributed by atoms with Crippen molar-refractivity contribution in [1.82, 2.24) is 4.98 Å². The number of hydrogen-bond donors (Lipinski definition) is 1. The van der Waals surface area contributed by atoms with E-state index < -0.39 is 0 Å². The van der Waals surface area contributed by atoms with Gasteiger partial charge in [-0.2, -0.15) is 0 Å². The van der Waals surface area contributed by atoms with Crippen LogP contribution in [-0.2, 0) is 9.53 Å². The van der Waals surface area contributed by atoms with E-state index in [2.05, 4.69) is 10.3 Å². The third kappa shape index (κ3) is 7.12. The summed E-state index contributed by atoms with van der Waals surface area (Å²) in [6.45, 7) is 4.87. The molecule has 0 aliphatic carbocycles. The molecule has 4 aromatic rings. The molecule has 0 aliphatic rings. The Bertz CT molecular complexity index is 1440. The predicted octanol–water partition coefficient (Wildman–Crippen LogP) is 6.28. The summed E-state index contributed by atoms with van der Waals surface area (Å²) in [4.78, 5) is 30.2. The number of aromatic nitrogens is 1. The largest absolute Gasteiger partial charge is 0.490 e. The van der Waals surface area contributed by atoms with E-state index in [1.54, 1.807) is 25.3 Å². The van der Waals surface area contributed by atoms with Crippen LogP contribution in [0.5, 0.6) is 17.2 Å². The zero-order valence-electron chi connectivity index (χ0n) is 22.4. The summed E-state index contributed by atoms with van der Waals surface area (Å²) in [5.74, 6) is 1.76. The SMILES string of the molecule is CCOc1ccc(C(=O)CCC(=O)Nc2cc(-c3ccc(OCOC)cc3)c3ccccc3n2)cc1OCC. The Morgan fingerprint density at radius 3 is 2.31 bits per heavy atom. The molecular formula is C31H32N2O6. The van der Waals surface area contributed by atoms with Crippen LogP contribution < -0.4 is 19.5 Å². The predicted molar refractivity (Wildman–Crippen MR) is 151 cm³/mol. The average molecular weight is 529 g/mol. The molecule has 0 saturated heterocycles. The van der Waals surface area contributed by atoms with Gasteiger partial charge in [-0.05, 0) is 67.4 Å². The highest BCUT2D eigenvalue weighted by atomic mass is 16.7. The number of nitrogens with zero attached hydrogens (tertiary/aromatic N) is 1. The maximum Gasteiger partial charge on any atom is 0.225 e. The number of benzene rings is 3. The molecule has 3 aromatic carbocycles. The minimum absolute atomic E-state index is 0.0192. The van der Waals surface area contributed by atoms with Crippen LogP contribution >= 0.6 is 0 Å². The van der Waals surface area contributed by atoms with E-state index in [1.807, 2.05) is 68.4 Å². The van der Waals surface area contributed by atoms with E-state index in [0.29, 0.717) is 41.8 Å². The number of carbonyl (C=O) groups excluding carboxylic acids is 2. The Hall–Kier alpha value is -4.43. The third-order valence-electron chi connectivity index (χ3n) is 5.94. The lowest BCUT2D eigenvalue weighted by atomic mass is 10.0. The van der Waals surface area contributed by atoms with Gasteiger partial charge in [0.25, 0.3) is 0 Å². The summed E-state index contributed by atoms with van der Waals surface area (Å²) < 4.78 is 21.6. The first-order valence-electron chi connectivity index (χ1n) is 12.9. The fraction of sp³-hybridized carbons (Fsp3) is 0.258. The highest BCUT2D eigenvalue weighted by Gasteiger charge is 2.15. The van der Waals surface area contributed by atoms with E-state index in [4.69, 9.17) is 18.9 Å². The van der Waals surface area contributed by atoms with E-state index in [1.165, 1.54) is 0 Å². The number of hydrogen-bond acceptors (Lipinski definition) is 7. The van der Waals surface area contributed by atoms with Gasteiger partial charge in [-0.25, -0.2) is 4.98 Å². The van der Waals surface area contributed by atoms with Crippen LogP contribution in [0.2, 0.25) is 0 Å². The molecule has 0 radical (unpaired) electrons. The maximum absolute atomic E-state index is 12.8. The lowest BCUT2D eigenvalue weighted by Gasteiger charge is -2.13. The number of methoxy groups -OCH3 is 1. The molecule has 0 spiro atoms. The molecule has 4 rings (SSSR count). The molecule has 1 N–H and O–H groups in total. The molecule has 1 aromatic heterocycles. The van der Waals surface area contributed by atoms with Crippen LogP contribution in [-0.4, -0.2) is 43.8 Å². The van der Waals surface area contributed by atoms with Crippen molar-refractivity contribution < 1.29 is 28.5 Å². The molecular weight excluding hydrogens is 496 g/mol. The lowest BCUT2D eigenvalue weighted by Crippen LogP contribution is -2.14. The number of pyridine rings is 1. The molecule has 1 heterocycles. The number of carbonyl (C=O) groups is 2. The second kappa shape index (κ2) is 13.4. The molecule has 0 fully saturated rings. The second-order valence-electron chi connectivity index (χ2n) is 8.65. The normalized spacial score (nSPS) is 10.7. The van der Waals surface area contributed by atoms with E-state index in [9.17, 15) is 9.59 Å². The van der Waals surface area contributed by atoms with Crippen LogP contribution in [0.4, 0.5) is 5.82 Å². The smallest absolute Gasteiger partial charge is 0.225 e. The van der Waals surface area contributed by atoms with Gasteiger partial charge in [-0.3, -0.25) is 9.59 Å². The summed E-state index contributed by atoms with van der Waals surface area (Å²) in [6, 6.07) is 22.3. The zero-order chi connectivity index (χ0) is 27.6. The van der Waals surface area contributed by atoms with Gasteiger partial charge >= 0.3 is 0 Å². The quantitative estimate of drug-likeness (QED) is 0.161. The Kier molecular flexibility index (Phi) is 9.48.